The molecule has 0 bridgehead atoms. The molecule has 0 radical (unpaired) electrons. The molecule has 0 unspecified atom stereocenters. The first-order valence-electron chi connectivity index (χ1n) is 7.82. The molecule has 1 aromatic heterocycles. The number of pyridine rings is 1. The van der Waals surface area contributed by atoms with Gasteiger partial charge < -0.3 is 15.0 Å². The Morgan fingerprint density at radius 2 is 1.92 bits per heavy atom. The first-order chi connectivity index (χ1) is 11.0. The zero-order valence-electron chi connectivity index (χ0n) is 14.0. The van der Waals surface area contributed by atoms with Gasteiger partial charge in [-0.15, -0.1) is 0 Å². The predicted molar refractivity (Wildman–Crippen MR) is 83.7 cm³/mol. The highest BCUT2D eigenvalue weighted by molar-refractivity contribution is 5.68. The lowest BCUT2D eigenvalue weighted by molar-refractivity contribution is -0.141. The summed E-state index contributed by atoms with van der Waals surface area (Å²) in [5, 5.41) is 3.08. The number of carbonyl (C=O) groups is 1. The Bertz CT molecular complexity index is 577. The molecule has 8 heteroatoms. The lowest BCUT2D eigenvalue weighted by Gasteiger charge is -2.34. The Balaban J connectivity index is 1.88. The third kappa shape index (κ3) is 5.28. The van der Waals surface area contributed by atoms with Crippen LogP contribution in [0.5, 0.6) is 0 Å². The van der Waals surface area contributed by atoms with E-state index in [0.29, 0.717) is 31.6 Å². The van der Waals surface area contributed by atoms with E-state index >= 15 is 0 Å². The van der Waals surface area contributed by atoms with Crippen molar-refractivity contribution in [3.8, 4) is 0 Å². The Morgan fingerprint density at radius 1 is 1.29 bits per heavy atom. The quantitative estimate of drug-likeness (QED) is 0.883. The number of nitrogens with one attached hydrogen (secondary N) is 1. The fraction of sp³-hybridized carbons (Fsp3) is 0.625. The van der Waals surface area contributed by atoms with E-state index in [-0.39, 0.29) is 12.1 Å². The van der Waals surface area contributed by atoms with Gasteiger partial charge in [-0.25, -0.2) is 4.79 Å². The van der Waals surface area contributed by atoms with Crippen LogP contribution in [-0.4, -0.2) is 40.7 Å². The molecule has 1 saturated heterocycles. The molecule has 2 rings (SSSR count). The number of carbonyl (C=O) groups excluding carboxylic acids is 1. The summed E-state index contributed by atoms with van der Waals surface area (Å²) >= 11 is 0. The average Bonchev–Trinajstić information content (AvgIpc) is 2.45. The predicted octanol–water partition coefficient (Wildman–Crippen LogP) is 3.91. The summed E-state index contributed by atoms with van der Waals surface area (Å²) in [5.74, 6) is 0. The maximum absolute atomic E-state index is 12.7. The van der Waals surface area contributed by atoms with E-state index in [2.05, 4.69) is 10.3 Å². The Morgan fingerprint density at radius 3 is 2.46 bits per heavy atom. The van der Waals surface area contributed by atoms with Crippen LogP contribution in [0.15, 0.2) is 18.3 Å². The summed E-state index contributed by atoms with van der Waals surface area (Å²) in [7, 11) is 0. The number of rotatable bonds is 2. The van der Waals surface area contributed by atoms with Crippen LogP contribution in [0.25, 0.3) is 0 Å². The van der Waals surface area contributed by atoms with Gasteiger partial charge >= 0.3 is 12.3 Å². The molecule has 0 atom stereocenters. The summed E-state index contributed by atoms with van der Waals surface area (Å²) < 4.78 is 43.3. The van der Waals surface area contributed by atoms with Crippen LogP contribution in [0.2, 0.25) is 0 Å². The van der Waals surface area contributed by atoms with Gasteiger partial charge in [-0.3, -0.25) is 4.98 Å². The fourth-order valence-electron chi connectivity index (χ4n) is 2.44. The minimum Gasteiger partial charge on any atom is -0.444 e. The molecule has 1 amide bonds. The van der Waals surface area contributed by atoms with E-state index < -0.39 is 17.5 Å². The molecule has 24 heavy (non-hydrogen) atoms. The highest BCUT2D eigenvalue weighted by Crippen LogP contribution is 2.29. The Hall–Kier alpha value is -1.99. The number of halogens is 3. The molecule has 1 N–H and O–H groups in total. The zero-order valence-corrected chi connectivity index (χ0v) is 14.0. The van der Waals surface area contributed by atoms with Crippen molar-refractivity contribution in [3.05, 3.63) is 24.0 Å². The minimum absolute atomic E-state index is 0.00664. The van der Waals surface area contributed by atoms with Gasteiger partial charge in [-0.05, 0) is 45.7 Å². The first kappa shape index (κ1) is 18.4. The largest absolute Gasteiger partial charge is 0.444 e. The molecule has 2 heterocycles. The molecule has 0 aliphatic carbocycles. The second-order valence-corrected chi connectivity index (χ2v) is 6.81. The third-order valence-corrected chi connectivity index (χ3v) is 3.57. The van der Waals surface area contributed by atoms with Gasteiger partial charge in [0.2, 0.25) is 0 Å². The number of hydrogen-bond acceptors (Lipinski definition) is 4. The molecule has 0 aromatic carbocycles. The average molecular weight is 345 g/mol. The van der Waals surface area contributed by atoms with Crippen molar-refractivity contribution < 1.29 is 22.7 Å². The molecule has 0 spiro atoms. The number of nitrogens with zero attached hydrogens (tertiary/aromatic N) is 2. The van der Waals surface area contributed by atoms with Gasteiger partial charge in [-0.2, -0.15) is 13.2 Å². The van der Waals surface area contributed by atoms with Gasteiger partial charge in [0, 0.05) is 31.0 Å². The van der Waals surface area contributed by atoms with Gasteiger partial charge in [-0.1, -0.05) is 0 Å². The van der Waals surface area contributed by atoms with Crippen molar-refractivity contribution in [1.82, 2.24) is 9.88 Å². The van der Waals surface area contributed by atoms with E-state index in [1.54, 1.807) is 25.7 Å². The van der Waals surface area contributed by atoms with Crippen LogP contribution in [-0.2, 0) is 10.9 Å². The Kier molecular flexibility index (Phi) is 5.25. The number of piperidine rings is 1. The lowest BCUT2D eigenvalue weighted by atomic mass is 10.0. The standard InChI is InChI=1S/C16H22F3N3O2/c1-15(2,3)24-14(23)22-8-5-11(6-9-22)21-12-4-7-20-13(10-12)16(17,18)19/h4,7,10-11H,5-6,8-9H2,1-3H3,(H,20,21). The van der Waals surface area contributed by atoms with E-state index in [1.807, 2.05) is 0 Å². The highest BCUT2D eigenvalue weighted by atomic mass is 19.4. The van der Waals surface area contributed by atoms with Crippen molar-refractivity contribution in [2.24, 2.45) is 0 Å². The molecule has 134 valence electrons. The molecule has 1 aliphatic rings. The number of amides is 1. The van der Waals surface area contributed by atoms with Gasteiger partial charge in [0.15, 0.2) is 0 Å². The number of alkyl halides is 3. The summed E-state index contributed by atoms with van der Waals surface area (Å²) in [6.45, 7) is 6.43. The normalized spacial score (nSPS) is 16.8. The lowest BCUT2D eigenvalue weighted by Crippen LogP contribution is -2.44. The van der Waals surface area contributed by atoms with Crippen LogP contribution in [0.3, 0.4) is 0 Å². The van der Waals surface area contributed by atoms with Crippen LogP contribution < -0.4 is 5.32 Å². The van der Waals surface area contributed by atoms with Crippen LogP contribution in [0.4, 0.5) is 23.7 Å². The van der Waals surface area contributed by atoms with E-state index in [4.69, 9.17) is 4.74 Å². The molecule has 1 fully saturated rings. The molecule has 1 aromatic rings. The minimum atomic E-state index is -4.46. The number of hydrogen-bond donors (Lipinski definition) is 1. The van der Waals surface area contributed by atoms with Crippen LogP contribution in [0, 0.1) is 0 Å². The fourth-order valence-corrected chi connectivity index (χ4v) is 2.44. The Labute approximate surface area is 139 Å². The summed E-state index contributed by atoms with van der Waals surface area (Å²) in [4.78, 5) is 16.9. The molecule has 5 nitrogen and oxygen atoms in total. The van der Waals surface area contributed by atoms with Crippen molar-refractivity contribution in [2.75, 3.05) is 18.4 Å². The molecular formula is C16H22F3N3O2. The van der Waals surface area contributed by atoms with Crippen LogP contribution in [0.1, 0.15) is 39.3 Å². The molecular weight excluding hydrogens is 323 g/mol. The zero-order chi connectivity index (χ0) is 18.0. The number of ether oxygens (including phenoxy) is 1. The van der Waals surface area contributed by atoms with E-state index in [0.717, 1.165) is 12.3 Å². The van der Waals surface area contributed by atoms with Crippen molar-refractivity contribution in [3.63, 3.8) is 0 Å². The second kappa shape index (κ2) is 6.86. The van der Waals surface area contributed by atoms with E-state index in [9.17, 15) is 18.0 Å². The SMILES string of the molecule is CC(C)(C)OC(=O)N1CCC(Nc2ccnc(C(F)(F)F)c2)CC1. The third-order valence-electron chi connectivity index (χ3n) is 3.57. The van der Waals surface area contributed by atoms with Crippen molar-refractivity contribution in [1.29, 1.82) is 0 Å². The topological polar surface area (TPSA) is 54.5 Å². The van der Waals surface area contributed by atoms with Gasteiger partial charge in [0.25, 0.3) is 0 Å². The van der Waals surface area contributed by atoms with E-state index in [1.165, 1.54) is 6.07 Å². The smallest absolute Gasteiger partial charge is 0.433 e. The highest BCUT2D eigenvalue weighted by Gasteiger charge is 2.33. The molecule has 0 saturated carbocycles. The first-order valence-corrected chi connectivity index (χ1v) is 7.82. The summed E-state index contributed by atoms with van der Waals surface area (Å²) in [6, 6.07) is 2.52. The number of anilines is 1. The maximum atomic E-state index is 12.7. The number of aromatic nitrogens is 1. The van der Waals surface area contributed by atoms with Gasteiger partial charge in [0.05, 0.1) is 0 Å². The second-order valence-electron chi connectivity index (χ2n) is 6.81. The van der Waals surface area contributed by atoms with Crippen molar-refractivity contribution >= 4 is 11.8 Å². The van der Waals surface area contributed by atoms with Crippen molar-refractivity contribution in [2.45, 2.75) is 51.4 Å². The van der Waals surface area contributed by atoms with Gasteiger partial charge in [0.1, 0.15) is 11.3 Å². The maximum Gasteiger partial charge on any atom is 0.433 e. The monoisotopic (exact) mass is 345 g/mol. The number of likely N-dealkylation sites (tertiary alicyclic amines) is 1. The summed E-state index contributed by atoms with van der Waals surface area (Å²) in [5.41, 5.74) is -1.08. The molecule has 1 aliphatic heterocycles. The van der Waals surface area contributed by atoms with Crippen LogP contribution >= 0.6 is 0 Å². The summed E-state index contributed by atoms with van der Waals surface area (Å²) in [6.07, 6.45) is -2.39.